The van der Waals surface area contributed by atoms with Gasteiger partial charge in [-0.3, -0.25) is 4.79 Å². The van der Waals surface area contributed by atoms with E-state index in [1.807, 2.05) is 4.90 Å². The van der Waals surface area contributed by atoms with Crippen molar-refractivity contribution >= 4 is 12.2 Å². The third-order valence-electron chi connectivity index (χ3n) is 4.83. The van der Waals surface area contributed by atoms with E-state index in [0.29, 0.717) is 0 Å². The summed E-state index contributed by atoms with van der Waals surface area (Å²) < 4.78 is 0. The molecule has 2 fully saturated rings. The van der Waals surface area contributed by atoms with Crippen LogP contribution in [0.4, 0.5) is 5.82 Å². The molecule has 3 rings (SSSR count). The molecule has 114 valence electrons. The smallest absolute Gasteiger partial charge is 0.210 e. The van der Waals surface area contributed by atoms with E-state index < -0.39 is 0 Å². The predicted octanol–water partition coefficient (Wildman–Crippen LogP) is 3.06. The number of nitrogens with zero attached hydrogens (tertiary/aromatic N) is 3. The molecule has 0 N–H and O–H groups in total. The normalized spacial score (nSPS) is 23.2. The minimum Gasteiger partial charge on any atom is -0.357 e. The van der Waals surface area contributed by atoms with Crippen molar-refractivity contribution in [1.82, 2.24) is 9.88 Å². The Hall–Kier alpha value is -1.58. The predicted molar refractivity (Wildman–Crippen MR) is 84.4 cm³/mol. The van der Waals surface area contributed by atoms with Gasteiger partial charge in [0.2, 0.25) is 6.41 Å². The van der Waals surface area contributed by atoms with Gasteiger partial charge in [-0.05, 0) is 57.1 Å². The molecule has 1 aromatic rings. The number of piperidine rings is 2. The molecule has 1 atom stereocenters. The number of rotatable bonds is 3. The van der Waals surface area contributed by atoms with Crippen LogP contribution in [0.2, 0.25) is 0 Å². The molecule has 2 aliphatic heterocycles. The summed E-state index contributed by atoms with van der Waals surface area (Å²) in [5, 5.41) is 0. The summed E-state index contributed by atoms with van der Waals surface area (Å²) in [5.41, 5.74) is 2.30. The van der Waals surface area contributed by atoms with E-state index in [0.717, 1.165) is 50.4 Å². The molecular weight excluding hydrogens is 262 g/mol. The van der Waals surface area contributed by atoms with Crippen LogP contribution in [0, 0.1) is 6.92 Å². The van der Waals surface area contributed by atoms with Crippen molar-refractivity contribution in [1.29, 1.82) is 0 Å². The highest BCUT2D eigenvalue weighted by Gasteiger charge is 2.25. The van der Waals surface area contributed by atoms with Gasteiger partial charge in [-0.15, -0.1) is 0 Å². The molecule has 4 nitrogen and oxygen atoms in total. The van der Waals surface area contributed by atoms with Crippen LogP contribution in [-0.2, 0) is 4.79 Å². The Kier molecular flexibility index (Phi) is 4.42. The number of amides is 1. The molecule has 4 heteroatoms. The van der Waals surface area contributed by atoms with E-state index in [1.165, 1.54) is 31.2 Å². The molecule has 0 aromatic carbocycles. The van der Waals surface area contributed by atoms with Crippen molar-refractivity contribution in [3.05, 3.63) is 23.4 Å². The highest BCUT2D eigenvalue weighted by molar-refractivity contribution is 5.50. The van der Waals surface area contributed by atoms with Crippen LogP contribution in [0.3, 0.4) is 0 Å². The zero-order valence-corrected chi connectivity index (χ0v) is 12.9. The fraction of sp³-hybridized carbons (Fsp3) is 0.647. The average molecular weight is 287 g/mol. The van der Waals surface area contributed by atoms with Gasteiger partial charge in [0.25, 0.3) is 0 Å². The van der Waals surface area contributed by atoms with E-state index in [1.54, 1.807) is 0 Å². The van der Waals surface area contributed by atoms with Crippen LogP contribution in [0.5, 0.6) is 0 Å². The Morgan fingerprint density at radius 1 is 1.10 bits per heavy atom. The van der Waals surface area contributed by atoms with Crippen LogP contribution in [0.1, 0.15) is 55.8 Å². The van der Waals surface area contributed by atoms with Crippen LogP contribution in [0.15, 0.2) is 12.1 Å². The molecule has 1 aromatic heterocycles. The molecule has 0 spiro atoms. The number of likely N-dealkylation sites (tertiary alicyclic amines) is 1. The molecule has 0 bridgehead atoms. The van der Waals surface area contributed by atoms with Gasteiger partial charge in [0.05, 0.1) is 6.04 Å². The Labute approximate surface area is 127 Å². The minimum absolute atomic E-state index is 0.221. The van der Waals surface area contributed by atoms with E-state index in [4.69, 9.17) is 4.98 Å². The molecule has 2 saturated heterocycles. The van der Waals surface area contributed by atoms with Gasteiger partial charge in [0.1, 0.15) is 5.82 Å². The van der Waals surface area contributed by atoms with Crippen LogP contribution in [0.25, 0.3) is 0 Å². The standard InChI is InChI=1S/C17H25N3O/c1-14-15(16-7-3-6-12-20(16)13-21)8-9-17(18-14)19-10-4-2-5-11-19/h8-9,13,16H,2-7,10-12H2,1H3. The van der Waals surface area contributed by atoms with Crippen molar-refractivity contribution in [2.24, 2.45) is 0 Å². The summed E-state index contributed by atoms with van der Waals surface area (Å²) >= 11 is 0. The first-order chi connectivity index (χ1) is 10.3. The number of carbonyl (C=O) groups excluding carboxylic acids is 1. The summed E-state index contributed by atoms with van der Waals surface area (Å²) in [5.74, 6) is 1.10. The lowest BCUT2D eigenvalue weighted by molar-refractivity contribution is -0.121. The Morgan fingerprint density at radius 3 is 2.57 bits per heavy atom. The quantitative estimate of drug-likeness (QED) is 0.802. The van der Waals surface area contributed by atoms with Gasteiger partial charge in [0, 0.05) is 25.3 Å². The monoisotopic (exact) mass is 287 g/mol. The first-order valence-electron chi connectivity index (χ1n) is 8.23. The van der Waals surface area contributed by atoms with Crippen LogP contribution < -0.4 is 4.90 Å². The molecular formula is C17H25N3O. The second kappa shape index (κ2) is 6.46. The molecule has 1 amide bonds. The fourth-order valence-corrected chi connectivity index (χ4v) is 3.62. The Balaban J connectivity index is 1.81. The number of aryl methyl sites for hydroxylation is 1. The maximum atomic E-state index is 11.3. The first-order valence-corrected chi connectivity index (χ1v) is 8.23. The number of hydrogen-bond acceptors (Lipinski definition) is 3. The molecule has 0 radical (unpaired) electrons. The van der Waals surface area contributed by atoms with Crippen LogP contribution >= 0.6 is 0 Å². The lowest BCUT2D eigenvalue weighted by Crippen LogP contribution is -2.33. The fourth-order valence-electron chi connectivity index (χ4n) is 3.62. The van der Waals surface area contributed by atoms with Gasteiger partial charge in [-0.1, -0.05) is 6.07 Å². The maximum absolute atomic E-state index is 11.3. The third kappa shape index (κ3) is 3.04. The largest absolute Gasteiger partial charge is 0.357 e. The molecule has 21 heavy (non-hydrogen) atoms. The van der Waals surface area contributed by atoms with E-state index in [9.17, 15) is 4.79 Å². The van der Waals surface area contributed by atoms with Gasteiger partial charge < -0.3 is 9.80 Å². The topological polar surface area (TPSA) is 36.4 Å². The third-order valence-corrected chi connectivity index (χ3v) is 4.83. The van der Waals surface area contributed by atoms with E-state index >= 15 is 0 Å². The number of carbonyl (C=O) groups is 1. The van der Waals surface area contributed by atoms with Crippen molar-refractivity contribution < 1.29 is 4.79 Å². The van der Waals surface area contributed by atoms with Gasteiger partial charge in [-0.25, -0.2) is 4.98 Å². The van der Waals surface area contributed by atoms with E-state index in [-0.39, 0.29) is 6.04 Å². The summed E-state index contributed by atoms with van der Waals surface area (Å²) in [6, 6.07) is 4.56. The molecule has 1 unspecified atom stereocenters. The molecule has 0 aliphatic carbocycles. The summed E-state index contributed by atoms with van der Waals surface area (Å²) in [7, 11) is 0. The zero-order valence-electron chi connectivity index (χ0n) is 12.9. The molecule has 3 heterocycles. The minimum atomic E-state index is 0.221. The molecule has 0 saturated carbocycles. The number of aromatic nitrogens is 1. The highest BCUT2D eigenvalue weighted by Crippen LogP contribution is 2.32. The average Bonchev–Trinajstić information content (AvgIpc) is 2.55. The second-order valence-electron chi connectivity index (χ2n) is 6.25. The lowest BCUT2D eigenvalue weighted by Gasteiger charge is -2.34. The Morgan fingerprint density at radius 2 is 1.86 bits per heavy atom. The zero-order chi connectivity index (χ0) is 14.7. The maximum Gasteiger partial charge on any atom is 0.210 e. The second-order valence-corrected chi connectivity index (χ2v) is 6.25. The Bertz CT molecular complexity index is 497. The highest BCUT2D eigenvalue weighted by atomic mass is 16.1. The first kappa shape index (κ1) is 14.4. The van der Waals surface area contributed by atoms with Crippen molar-refractivity contribution in [2.45, 2.75) is 51.5 Å². The van der Waals surface area contributed by atoms with Gasteiger partial charge >= 0.3 is 0 Å². The molecule has 2 aliphatic rings. The van der Waals surface area contributed by atoms with Gasteiger partial charge in [0.15, 0.2) is 0 Å². The van der Waals surface area contributed by atoms with Gasteiger partial charge in [-0.2, -0.15) is 0 Å². The number of hydrogen-bond donors (Lipinski definition) is 0. The number of anilines is 1. The summed E-state index contributed by atoms with van der Waals surface area (Å²) in [6.45, 7) is 5.20. The van der Waals surface area contributed by atoms with Crippen molar-refractivity contribution in [2.75, 3.05) is 24.5 Å². The SMILES string of the molecule is Cc1nc(N2CCCCC2)ccc1C1CCCCN1C=O. The van der Waals surface area contributed by atoms with Crippen LogP contribution in [-0.4, -0.2) is 35.9 Å². The van der Waals surface area contributed by atoms with Crippen molar-refractivity contribution in [3.63, 3.8) is 0 Å². The van der Waals surface area contributed by atoms with E-state index in [2.05, 4.69) is 24.0 Å². The summed E-state index contributed by atoms with van der Waals surface area (Å²) in [4.78, 5) is 20.4. The van der Waals surface area contributed by atoms with Crippen molar-refractivity contribution in [3.8, 4) is 0 Å². The lowest BCUT2D eigenvalue weighted by atomic mass is 9.95. The number of pyridine rings is 1. The summed E-state index contributed by atoms with van der Waals surface area (Å²) in [6.07, 6.45) is 8.25.